The molecule has 0 saturated carbocycles. The van der Waals surface area contributed by atoms with Crippen molar-refractivity contribution in [3.8, 4) is 0 Å². The smallest absolute Gasteiger partial charge is 0.377 e. The molecule has 0 aromatic carbocycles. The molecule has 0 rings (SSSR count). The zero-order valence-corrected chi connectivity index (χ0v) is 17.4. The van der Waals surface area contributed by atoms with Crippen molar-refractivity contribution in [1.82, 2.24) is 0 Å². The molecule has 2 atom stereocenters. The maximum Gasteiger partial charge on any atom is 0.503 e. The van der Waals surface area contributed by atoms with Crippen molar-refractivity contribution < 1.29 is 26.6 Å². The Labute approximate surface area is 138 Å². The van der Waals surface area contributed by atoms with Gasteiger partial charge in [0, 0.05) is 53.7 Å². The minimum absolute atomic E-state index is 0.198. The summed E-state index contributed by atoms with van der Waals surface area (Å²) < 4.78 is 33.7. The highest BCUT2D eigenvalue weighted by Crippen LogP contribution is 2.37. The van der Waals surface area contributed by atoms with E-state index in [1.54, 1.807) is 42.7 Å². The Bertz CT molecular complexity index is 268. The van der Waals surface area contributed by atoms with E-state index >= 15 is 0 Å². The molecule has 0 N–H and O–H groups in total. The van der Waals surface area contributed by atoms with Crippen LogP contribution in [0.2, 0.25) is 11.1 Å². The van der Waals surface area contributed by atoms with Crippen molar-refractivity contribution in [2.24, 2.45) is 0 Å². The molecule has 0 radical (unpaired) electrons. The van der Waals surface area contributed by atoms with Crippen molar-refractivity contribution in [3.05, 3.63) is 0 Å². The fourth-order valence-electron chi connectivity index (χ4n) is 3.08. The summed E-state index contributed by atoms with van der Waals surface area (Å²) in [6.07, 6.45) is 3.92. The SMILES string of the molecule is CCCC(CCC(C)[Si](OC)(OC)OC)[Si](OC)(OC)OC. The van der Waals surface area contributed by atoms with Gasteiger partial charge < -0.3 is 26.6 Å². The molecule has 0 aromatic rings. The van der Waals surface area contributed by atoms with Gasteiger partial charge in [-0.1, -0.05) is 20.3 Å². The van der Waals surface area contributed by atoms with E-state index in [9.17, 15) is 0 Å². The van der Waals surface area contributed by atoms with E-state index in [4.69, 9.17) is 26.6 Å². The molecule has 2 unspecified atom stereocenters. The first-order valence-electron chi connectivity index (χ1n) is 7.76. The van der Waals surface area contributed by atoms with Gasteiger partial charge in [0.2, 0.25) is 0 Å². The van der Waals surface area contributed by atoms with E-state index in [0.717, 1.165) is 25.7 Å². The molecule has 0 aromatic heterocycles. The first-order valence-corrected chi connectivity index (χ1v) is 11.4. The van der Waals surface area contributed by atoms with Gasteiger partial charge in [-0.2, -0.15) is 0 Å². The highest BCUT2D eigenvalue weighted by atomic mass is 28.4. The van der Waals surface area contributed by atoms with Crippen LogP contribution in [0, 0.1) is 0 Å². The van der Waals surface area contributed by atoms with Crippen molar-refractivity contribution in [2.45, 2.75) is 50.6 Å². The highest BCUT2D eigenvalue weighted by molar-refractivity contribution is 6.63. The number of rotatable bonds is 13. The summed E-state index contributed by atoms with van der Waals surface area (Å²) in [4.78, 5) is 0. The lowest BCUT2D eigenvalue weighted by Gasteiger charge is -2.35. The van der Waals surface area contributed by atoms with Crippen molar-refractivity contribution in [3.63, 3.8) is 0 Å². The summed E-state index contributed by atoms with van der Waals surface area (Å²) in [7, 11) is 4.72. The third-order valence-corrected chi connectivity index (χ3v) is 10.9. The Kier molecular flexibility index (Phi) is 11.0. The molecule has 6 nitrogen and oxygen atoms in total. The van der Waals surface area contributed by atoms with Crippen molar-refractivity contribution >= 4 is 17.6 Å². The highest BCUT2D eigenvalue weighted by Gasteiger charge is 2.49. The Morgan fingerprint density at radius 2 is 1.05 bits per heavy atom. The largest absolute Gasteiger partial charge is 0.503 e. The van der Waals surface area contributed by atoms with Crippen LogP contribution in [0.4, 0.5) is 0 Å². The van der Waals surface area contributed by atoms with Crippen LogP contribution < -0.4 is 0 Å². The number of hydrogen-bond donors (Lipinski definition) is 0. The zero-order valence-electron chi connectivity index (χ0n) is 15.4. The maximum absolute atomic E-state index is 5.66. The minimum Gasteiger partial charge on any atom is -0.377 e. The summed E-state index contributed by atoms with van der Waals surface area (Å²) in [6.45, 7) is 4.27. The topological polar surface area (TPSA) is 55.4 Å². The first kappa shape index (κ1) is 22.2. The zero-order chi connectivity index (χ0) is 17.2. The molecule has 8 heteroatoms. The van der Waals surface area contributed by atoms with Gasteiger partial charge in [0.05, 0.1) is 0 Å². The molecule has 0 heterocycles. The maximum atomic E-state index is 5.66. The fraction of sp³-hybridized carbons (Fsp3) is 1.00. The molecule has 0 spiro atoms. The predicted octanol–water partition coefficient (Wildman–Crippen LogP) is 3.08. The Morgan fingerprint density at radius 3 is 1.36 bits per heavy atom. The van der Waals surface area contributed by atoms with E-state index in [2.05, 4.69) is 13.8 Å². The minimum atomic E-state index is -2.63. The van der Waals surface area contributed by atoms with Gasteiger partial charge in [0.25, 0.3) is 0 Å². The summed E-state index contributed by atoms with van der Waals surface area (Å²) in [5, 5.41) is 0. The van der Waals surface area contributed by atoms with Crippen LogP contribution in [0.5, 0.6) is 0 Å². The monoisotopic (exact) mass is 354 g/mol. The standard InChI is InChI=1S/C14H34O6Si2/c1-9-10-14(22(18-6,19-7)20-8)12-11-13(2)21(15-3,16-4)17-5/h13-14H,9-12H2,1-8H3. The second-order valence-corrected chi connectivity index (χ2v) is 12.1. The Hall–Kier alpha value is 0.194. The van der Waals surface area contributed by atoms with Crippen LogP contribution in [0.1, 0.15) is 39.5 Å². The lowest BCUT2D eigenvalue weighted by atomic mass is 10.1. The van der Waals surface area contributed by atoms with Crippen LogP contribution in [-0.2, 0) is 26.6 Å². The summed E-state index contributed by atoms with van der Waals surface area (Å²) >= 11 is 0. The Balaban J connectivity index is 4.98. The second kappa shape index (κ2) is 10.9. The van der Waals surface area contributed by atoms with Gasteiger partial charge in [-0.25, -0.2) is 0 Å². The average molecular weight is 355 g/mol. The molecule has 0 aliphatic rings. The van der Waals surface area contributed by atoms with Crippen LogP contribution in [0.25, 0.3) is 0 Å². The van der Waals surface area contributed by atoms with Gasteiger partial charge in [0.15, 0.2) is 0 Å². The van der Waals surface area contributed by atoms with Gasteiger partial charge >= 0.3 is 17.6 Å². The normalized spacial score (nSPS) is 15.8. The van der Waals surface area contributed by atoms with Crippen molar-refractivity contribution in [1.29, 1.82) is 0 Å². The van der Waals surface area contributed by atoms with Gasteiger partial charge in [-0.3, -0.25) is 0 Å². The average Bonchev–Trinajstić information content (AvgIpc) is 2.56. The molecule has 0 amide bonds. The van der Waals surface area contributed by atoms with E-state index in [-0.39, 0.29) is 11.1 Å². The van der Waals surface area contributed by atoms with E-state index in [0.29, 0.717) is 0 Å². The van der Waals surface area contributed by atoms with Crippen LogP contribution in [0.15, 0.2) is 0 Å². The molecule has 0 bridgehead atoms. The molecule has 0 aliphatic carbocycles. The van der Waals surface area contributed by atoms with Crippen LogP contribution >= 0.6 is 0 Å². The van der Waals surface area contributed by atoms with Crippen molar-refractivity contribution in [2.75, 3.05) is 42.7 Å². The van der Waals surface area contributed by atoms with E-state index < -0.39 is 17.6 Å². The van der Waals surface area contributed by atoms with Gasteiger partial charge in [-0.05, 0) is 19.3 Å². The first-order chi connectivity index (χ1) is 10.5. The third-order valence-electron chi connectivity index (χ3n) is 4.40. The second-order valence-electron chi connectivity index (χ2n) is 5.40. The lowest BCUT2D eigenvalue weighted by molar-refractivity contribution is 0.101. The molecule has 134 valence electrons. The predicted molar refractivity (Wildman–Crippen MR) is 90.9 cm³/mol. The van der Waals surface area contributed by atoms with E-state index in [1.165, 1.54) is 0 Å². The summed E-state index contributed by atoms with van der Waals surface area (Å²) in [5.74, 6) is 0. The van der Waals surface area contributed by atoms with E-state index in [1.807, 2.05) is 0 Å². The third kappa shape index (κ3) is 5.10. The molecular formula is C14H34O6Si2. The quantitative estimate of drug-likeness (QED) is 0.474. The van der Waals surface area contributed by atoms with Crippen LogP contribution in [0.3, 0.4) is 0 Å². The lowest BCUT2D eigenvalue weighted by Crippen LogP contribution is -2.49. The molecule has 0 aliphatic heterocycles. The summed E-state index contributed by atoms with van der Waals surface area (Å²) in [6, 6.07) is 0. The molecular weight excluding hydrogens is 320 g/mol. The molecule has 0 fully saturated rings. The van der Waals surface area contributed by atoms with Gasteiger partial charge in [0.1, 0.15) is 0 Å². The Morgan fingerprint density at radius 1 is 0.636 bits per heavy atom. The molecule has 22 heavy (non-hydrogen) atoms. The molecule has 0 saturated heterocycles. The van der Waals surface area contributed by atoms with Crippen LogP contribution in [-0.4, -0.2) is 60.3 Å². The summed E-state index contributed by atoms with van der Waals surface area (Å²) in [5.41, 5.74) is 0.460. The van der Waals surface area contributed by atoms with Gasteiger partial charge in [-0.15, -0.1) is 0 Å². The number of hydrogen-bond acceptors (Lipinski definition) is 6. The fourth-order valence-corrected chi connectivity index (χ4v) is 7.97.